The molecule has 0 spiro atoms. The SMILES string of the molecule is CCC(=O)c1sc2nc(NC)nc(-c3cccc(Cl)c3)c2c1N. The van der Waals surface area contributed by atoms with Crippen LogP contribution < -0.4 is 11.1 Å². The summed E-state index contributed by atoms with van der Waals surface area (Å²) in [6.07, 6.45) is 0.399. The van der Waals surface area contributed by atoms with Gasteiger partial charge >= 0.3 is 0 Å². The second kappa shape index (κ2) is 6.14. The second-order valence-corrected chi connectivity index (χ2v) is 6.39. The maximum Gasteiger partial charge on any atom is 0.224 e. The van der Waals surface area contributed by atoms with Crippen molar-refractivity contribution < 1.29 is 4.79 Å². The highest BCUT2D eigenvalue weighted by Gasteiger charge is 2.21. The van der Waals surface area contributed by atoms with Crippen LogP contribution in [0.15, 0.2) is 24.3 Å². The molecule has 118 valence electrons. The zero-order valence-corrected chi connectivity index (χ0v) is 14.3. The van der Waals surface area contributed by atoms with Crippen molar-refractivity contribution >= 4 is 50.6 Å². The highest BCUT2D eigenvalue weighted by atomic mass is 35.5. The first kappa shape index (κ1) is 15.7. The molecule has 0 fully saturated rings. The fourth-order valence-electron chi connectivity index (χ4n) is 2.35. The van der Waals surface area contributed by atoms with Crippen LogP contribution in [0.2, 0.25) is 5.02 Å². The van der Waals surface area contributed by atoms with Crippen LogP contribution in [0.5, 0.6) is 0 Å². The molecule has 0 amide bonds. The molecule has 0 bridgehead atoms. The van der Waals surface area contributed by atoms with Crippen LogP contribution in [0.25, 0.3) is 21.5 Å². The predicted molar refractivity (Wildman–Crippen MR) is 96.4 cm³/mol. The van der Waals surface area contributed by atoms with Crippen molar-refractivity contribution in [3.63, 3.8) is 0 Å². The molecule has 3 aromatic rings. The minimum Gasteiger partial charge on any atom is -0.397 e. The number of nitrogen functional groups attached to an aromatic ring is 1. The maximum absolute atomic E-state index is 12.1. The van der Waals surface area contributed by atoms with Crippen molar-refractivity contribution in [2.75, 3.05) is 18.1 Å². The first-order valence-corrected chi connectivity index (χ1v) is 8.31. The first-order valence-electron chi connectivity index (χ1n) is 7.12. The van der Waals surface area contributed by atoms with E-state index in [9.17, 15) is 4.79 Å². The van der Waals surface area contributed by atoms with Gasteiger partial charge in [0.2, 0.25) is 5.95 Å². The van der Waals surface area contributed by atoms with Gasteiger partial charge in [-0.2, -0.15) is 0 Å². The molecule has 0 radical (unpaired) electrons. The van der Waals surface area contributed by atoms with E-state index in [1.54, 1.807) is 13.1 Å². The molecule has 2 heterocycles. The van der Waals surface area contributed by atoms with E-state index in [4.69, 9.17) is 17.3 Å². The number of Topliss-reactive ketones (excluding diaryl/α,β-unsaturated/α-hetero) is 1. The normalized spacial score (nSPS) is 10.9. The summed E-state index contributed by atoms with van der Waals surface area (Å²) in [5.74, 6) is 0.484. The number of anilines is 2. The van der Waals surface area contributed by atoms with E-state index in [0.717, 1.165) is 5.56 Å². The van der Waals surface area contributed by atoms with Gasteiger partial charge in [-0.3, -0.25) is 4.79 Å². The second-order valence-electron chi connectivity index (χ2n) is 4.96. The number of hydrogen-bond acceptors (Lipinski definition) is 6. The minimum atomic E-state index is 0.00792. The minimum absolute atomic E-state index is 0.00792. The van der Waals surface area contributed by atoms with Gasteiger partial charge in [0.05, 0.1) is 21.6 Å². The Labute approximate surface area is 142 Å². The molecule has 3 N–H and O–H groups in total. The molecule has 2 aromatic heterocycles. The number of carbonyl (C=O) groups is 1. The van der Waals surface area contributed by atoms with Crippen LogP contribution >= 0.6 is 22.9 Å². The van der Waals surface area contributed by atoms with Gasteiger partial charge in [-0.05, 0) is 12.1 Å². The number of thiophene rings is 1. The Hall–Kier alpha value is -2.18. The molecule has 3 rings (SSSR count). The molecule has 0 aliphatic rings. The highest BCUT2D eigenvalue weighted by Crippen LogP contribution is 2.39. The molecule has 0 aliphatic heterocycles. The van der Waals surface area contributed by atoms with Crippen molar-refractivity contribution in [1.82, 2.24) is 9.97 Å². The lowest BCUT2D eigenvalue weighted by atomic mass is 10.1. The average molecular weight is 347 g/mol. The molecule has 0 unspecified atom stereocenters. The van der Waals surface area contributed by atoms with Crippen molar-refractivity contribution in [2.45, 2.75) is 13.3 Å². The zero-order chi connectivity index (χ0) is 16.6. The number of hydrogen-bond donors (Lipinski definition) is 2. The Morgan fingerprint density at radius 1 is 1.39 bits per heavy atom. The standard InChI is InChI=1S/C16H15ClN4OS/c1-3-10(22)14-12(18)11-13(8-5-4-6-9(17)7-8)20-16(19-2)21-15(11)23-14/h4-7H,3,18H2,1-2H3,(H,19,20,21). The summed E-state index contributed by atoms with van der Waals surface area (Å²) in [4.78, 5) is 22.3. The van der Waals surface area contributed by atoms with Crippen LogP contribution in [0.4, 0.5) is 11.6 Å². The van der Waals surface area contributed by atoms with E-state index in [2.05, 4.69) is 15.3 Å². The first-order chi connectivity index (χ1) is 11.0. The molecule has 5 nitrogen and oxygen atoms in total. The molecule has 7 heteroatoms. The number of fused-ring (bicyclic) bond motifs is 1. The van der Waals surface area contributed by atoms with E-state index >= 15 is 0 Å². The van der Waals surface area contributed by atoms with Gasteiger partial charge in [0, 0.05) is 24.1 Å². The molecular weight excluding hydrogens is 332 g/mol. The largest absolute Gasteiger partial charge is 0.397 e. The highest BCUT2D eigenvalue weighted by molar-refractivity contribution is 7.21. The molecule has 0 saturated carbocycles. The monoisotopic (exact) mass is 346 g/mol. The van der Waals surface area contributed by atoms with E-state index in [1.807, 2.05) is 25.1 Å². The Morgan fingerprint density at radius 2 is 2.17 bits per heavy atom. The Kier molecular flexibility index (Phi) is 4.19. The molecule has 0 atom stereocenters. The smallest absolute Gasteiger partial charge is 0.224 e. The number of rotatable bonds is 4. The van der Waals surface area contributed by atoms with Gasteiger partial charge in [0.1, 0.15) is 4.83 Å². The molecule has 23 heavy (non-hydrogen) atoms. The molecular formula is C16H15ClN4OS. The Morgan fingerprint density at radius 3 is 2.83 bits per heavy atom. The van der Waals surface area contributed by atoms with Gasteiger partial charge in [-0.15, -0.1) is 11.3 Å². The average Bonchev–Trinajstić information content (AvgIpc) is 2.90. The number of nitrogens with zero attached hydrogens (tertiary/aromatic N) is 2. The zero-order valence-electron chi connectivity index (χ0n) is 12.7. The number of carbonyl (C=O) groups excluding carboxylic acids is 1. The number of halogens is 1. The van der Waals surface area contributed by atoms with Crippen LogP contribution in [-0.2, 0) is 0 Å². The fraction of sp³-hybridized carbons (Fsp3) is 0.188. The molecule has 0 saturated heterocycles. The quantitative estimate of drug-likeness (QED) is 0.691. The summed E-state index contributed by atoms with van der Waals surface area (Å²) in [7, 11) is 1.75. The number of aromatic nitrogens is 2. The van der Waals surface area contributed by atoms with Gasteiger partial charge in [0.15, 0.2) is 5.78 Å². The third-order valence-electron chi connectivity index (χ3n) is 3.48. The number of nitrogens with one attached hydrogen (secondary N) is 1. The van der Waals surface area contributed by atoms with E-state index in [1.165, 1.54) is 11.3 Å². The maximum atomic E-state index is 12.1. The molecule has 1 aromatic carbocycles. The third kappa shape index (κ3) is 2.75. The van der Waals surface area contributed by atoms with Crippen LogP contribution in [0.1, 0.15) is 23.0 Å². The van der Waals surface area contributed by atoms with Crippen molar-refractivity contribution in [3.8, 4) is 11.3 Å². The lowest BCUT2D eigenvalue weighted by Crippen LogP contribution is -2.00. The van der Waals surface area contributed by atoms with Crippen molar-refractivity contribution in [1.29, 1.82) is 0 Å². The van der Waals surface area contributed by atoms with E-state index < -0.39 is 0 Å². The summed E-state index contributed by atoms with van der Waals surface area (Å²) in [6.45, 7) is 1.81. The van der Waals surface area contributed by atoms with Crippen LogP contribution in [0.3, 0.4) is 0 Å². The summed E-state index contributed by atoms with van der Waals surface area (Å²) < 4.78 is 0. The predicted octanol–water partition coefficient (Wildman–Crippen LogP) is 4.23. The van der Waals surface area contributed by atoms with Gasteiger partial charge < -0.3 is 11.1 Å². The van der Waals surface area contributed by atoms with Crippen LogP contribution in [0, 0.1) is 0 Å². The van der Waals surface area contributed by atoms with Crippen molar-refractivity contribution in [3.05, 3.63) is 34.2 Å². The van der Waals surface area contributed by atoms with Gasteiger partial charge in [-0.1, -0.05) is 30.7 Å². The third-order valence-corrected chi connectivity index (χ3v) is 4.86. The number of ketones is 1. The van der Waals surface area contributed by atoms with E-state index in [0.29, 0.717) is 43.9 Å². The molecule has 0 aliphatic carbocycles. The Balaban J connectivity index is 2.35. The number of nitrogens with two attached hydrogens (primary N) is 1. The van der Waals surface area contributed by atoms with Gasteiger partial charge in [-0.25, -0.2) is 9.97 Å². The van der Waals surface area contributed by atoms with E-state index in [-0.39, 0.29) is 5.78 Å². The number of benzene rings is 1. The van der Waals surface area contributed by atoms with Gasteiger partial charge in [0.25, 0.3) is 0 Å². The Bertz CT molecular complexity index is 906. The lowest BCUT2D eigenvalue weighted by Gasteiger charge is -2.07. The van der Waals surface area contributed by atoms with Crippen molar-refractivity contribution in [2.24, 2.45) is 0 Å². The summed E-state index contributed by atoms with van der Waals surface area (Å²) >= 11 is 7.40. The lowest BCUT2D eigenvalue weighted by molar-refractivity contribution is 0.0993. The topological polar surface area (TPSA) is 80.9 Å². The summed E-state index contributed by atoms with van der Waals surface area (Å²) in [6, 6.07) is 7.38. The van der Waals surface area contributed by atoms with Crippen LogP contribution in [-0.4, -0.2) is 22.8 Å². The summed E-state index contributed by atoms with van der Waals surface area (Å²) in [5, 5.41) is 4.25. The summed E-state index contributed by atoms with van der Waals surface area (Å²) in [5.41, 5.74) is 8.19. The fourth-order valence-corrected chi connectivity index (χ4v) is 3.64.